The molecule has 0 aromatic heterocycles. The van der Waals surface area contributed by atoms with Crippen LogP contribution in [0.15, 0.2) is 0 Å². The molecule has 0 bridgehead atoms. The fourth-order valence-electron chi connectivity index (χ4n) is 0.726. The molecule has 12 heavy (non-hydrogen) atoms. The molecule has 0 spiro atoms. The highest BCUT2D eigenvalue weighted by Gasteiger charge is 2.27. The average molecular weight is 195 g/mol. The Labute approximate surface area is 76.0 Å². The largest absolute Gasteiger partial charge is 0.465 e. The molecule has 70 valence electrons. The van der Waals surface area contributed by atoms with E-state index in [1.54, 1.807) is 13.8 Å². The van der Waals surface area contributed by atoms with Crippen molar-refractivity contribution < 1.29 is 18.6 Å². The molecule has 0 aromatic rings. The summed E-state index contributed by atoms with van der Waals surface area (Å²) in [4.78, 5) is 21.8. The summed E-state index contributed by atoms with van der Waals surface area (Å²) in [7, 11) is 0. The lowest BCUT2D eigenvalue weighted by Gasteiger charge is -2.08. The van der Waals surface area contributed by atoms with Crippen molar-refractivity contribution in [3.63, 3.8) is 0 Å². The molecule has 4 nitrogen and oxygen atoms in total. The smallest absolute Gasteiger partial charge is 0.338 e. The third-order valence-electron chi connectivity index (χ3n) is 1.34. The van der Waals surface area contributed by atoms with Gasteiger partial charge >= 0.3 is 11.9 Å². The molecular formula is C7H11ClO4. The first-order chi connectivity index (χ1) is 5.67. The van der Waals surface area contributed by atoms with Crippen molar-refractivity contribution in [3.05, 3.63) is 0 Å². The molecule has 0 aliphatic heterocycles. The second kappa shape index (κ2) is 5.83. The van der Waals surface area contributed by atoms with E-state index in [1.165, 1.54) is 0 Å². The second-order valence-corrected chi connectivity index (χ2v) is 2.26. The van der Waals surface area contributed by atoms with Crippen LogP contribution in [0.1, 0.15) is 20.3 Å². The maximum Gasteiger partial charge on any atom is 0.338 e. The first-order valence-corrected chi connectivity index (χ1v) is 3.97. The van der Waals surface area contributed by atoms with Crippen LogP contribution in [-0.4, -0.2) is 18.5 Å². The van der Waals surface area contributed by atoms with Gasteiger partial charge in [-0.3, -0.25) is 4.79 Å². The maximum absolute atomic E-state index is 11.0. The van der Waals surface area contributed by atoms with E-state index in [0.29, 0.717) is 6.42 Å². The fraction of sp³-hybridized carbons (Fsp3) is 0.714. The average Bonchev–Trinajstić information content (AvgIpc) is 2.06. The van der Waals surface area contributed by atoms with Gasteiger partial charge in [-0.15, -0.1) is 0 Å². The molecular weight excluding hydrogens is 184 g/mol. The summed E-state index contributed by atoms with van der Waals surface area (Å²) < 4.78 is 8.52. The Morgan fingerprint density at radius 2 is 1.92 bits per heavy atom. The van der Waals surface area contributed by atoms with Crippen LogP contribution < -0.4 is 0 Å². The Balaban J connectivity index is 4.14. The predicted octanol–water partition coefficient (Wildman–Crippen LogP) is 1.27. The van der Waals surface area contributed by atoms with Crippen LogP contribution in [0.5, 0.6) is 0 Å². The van der Waals surface area contributed by atoms with Gasteiger partial charge < -0.3 is 9.03 Å². The summed E-state index contributed by atoms with van der Waals surface area (Å²) in [6.07, 6.45) is 0.324. The molecule has 0 aromatic carbocycles. The molecule has 1 unspecified atom stereocenters. The van der Waals surface area contributed by atoms with E-state index in [-0.39, 0.29) is 6.61 Å². The molecule has 0 radical (unpaired) electrons. The summed E-state index contributed by atoms with van der Waals surface area (Å²) in [5, 5.41) is 0. The molecule has 0 rings (SSSR count). The first-order valence-electron chi connectivity index (χ1n) is 3.66. The zero-order valence-electron chi connectivity index (χ0n) is 7.00. The van der Waals surface area contributed by atoms with Gasteiger partial charge in [0.25, 0.3) is 0 Å². The lowest BCUT2D eigenvalue weighted by molar-refractivity contribution is -0.156. The number of hydrogen-bond donors (Lipinski definition) is 0. The van der Waals surface area contributed by atoms with Gasteiger partial charge in [-0.2, -0.15) is 0 Å². The third kappa shape index (κ3) is 3.09. The molecule has 0 amide bonds. The summed E-state index contributed by atoms with van der Waals surface area (Å²) >= 11 is 4.81. The van der Waals surface area contributed by atoms with Crippen molar-refractivity contribution >= 4 is 23.8 Å². The summed E-state index contributed by atoms with van der Waals surface area (Å²) in [6, 6.07) is 0. The monoisotopic (exact) mass is 194 g/mol. The normalized spacial score (nSPS) is 11.9. The number of carbonyl (C=O) groups excluding carboxylic acids is 2. The van der Waals surface area contributed by atoms with E-state index in [4.69, 9.17) is 11.9 Å². The fourth-order valence-corrected chi connectivity index (χ4v) is 0.834. The summed E-state index contributed by atoms with van der Waals surface area (Å²) in [5.74, 6) is -2.26. The minimum Gasteiger partial charge on any atom is -0.465 e. The molecule has 0 saturated carbocycles. The van der Waals surface area contributed by atoms with Crippen LogP contribution in [0.2, 0.25) is 0 Å². The highest BCUT2D eigenvalue weighted by Crippen LogP contribution is 2.08. The van der Waals surface area contributed by atoms with Crippen LogP contribution in [0.4, 0.5) is 0 Å². The van der Waals surface area contributed by atoms with Crippen molar-refractivity contribution in [2.24, 2.45) is 5.92 Å². The van der Waals surface area contributed by atoms with Crippen molar-refractivity contribution in [1.82, 2.24) is 0 Å². The lowest BCUT2D eigenvalue weighted by atomic mass is 10.1. The standard InChI is InChI=1S/C7H11ClO4/c1-3-5(7(10)12-8)6(9)11-4-2/h5H,3-4H2,1-2H3. The number of halogens is 1. The van der Waals surface area contributed by atoms with Gasteiger partial charge in [-0.05, 0) is 13.3 Å². The van der Waals surface area contributed by atoms with Crippen molar-refractivity contribution in [2.75, 3.05) is 6.61 Å². The second-order valence-electron chi connectivity index (χ2n) is 2.11. The quantitative estimate of drug-likeness (QED) is 0.500. The minimum atomic E-state index is -0.901. The van der Waals surface area contributed by atoms with Gasteiger partial charge in [0, 0.05) is 0 Å². The summed E-state index contributed by atoms with van der Waals surface area (Å²) in [6.45, 7) is 3.58. The SMILES string of the molecule is CCOC(=O)C(CC)C(=O)OCl. The maximum atomic E-state index is 11.0. The van der Waals surface area contributed by atoms with E-state index in [0.717, 1.165) is 0 Å². The molecule has 0 heterocycles. The van der Waals surface area contributed by atoms with Crippen molar-refractivity contribution in [3.8, 4) is 0 Å². The van der Waals surface area contributed by atoms with Gasteiger partial charge in [-0.25, -0.2) is 4.79 Å². The number of hydrogen-bond acceptors (Lipinski definition) is 4. The van der Waals surface area contributed by atoms with Crippen molar-refractivity contribution in [2.45, 2.75) is 20.3 Å². The minimum absolute atomic E-state index is 0.241. The Morgan fingerprint density at radius 3 is 2.25 bits per heavy atom. The highest BCUT2D eigenvalue weighted by atomic mass is 35.5. The summed E-state index contributed by atoms with van der Waals surface area (Å²) in [5.41, 5.74) is 0. The molecule has 5 heteroatoms. The van der Waals surface area contributed by atoms with Crippen LogP contribution in [-0.2, 0) is 18.6 Å². The zero-order valence-corrected chi connectivity index (χ0v) is 7.76. The van der Waals surface area contributed by atoms with E-state index in [1.807, 2.05) is 0 Å². The molecule has 1 atom stereocenters. The molecule has 0 aliphatic rings. The van der Waals surface area contributed by atoms with Crippen LogP contribution >= 0.6 is 11.9 Å². The molecule has 0 saturated heterocycles. The predicted molar refractivity (Wildman–Crippen MR) is 42.4 cm³/mol. The molecule has 0 N–H and O–H groups in total. The Kier molecular flexibility index (Phi) is 5.45. The molecule has 0 fully saturated rings. The topological polar surface area (TPSA) is 52.6 Å². The van der Waals surface area contributed by atoms with Gasteiger partial charge in [0.15, 0.2) is 5.92 Å². The van der Waals surface area contributed by atoms with Crippen LogP contribution in [0.3, 0.4) is 0 Å². The van der Waals surface area contributed by atoms with Crippen molar-refractivity contribution in [1.29, 1.82) is 0 Å². The lowest BCUT2D eigenvalue weighted by Crippen LogP contribution is -2.25. The third-order valence-corrected chi connectivity index (χ3v) is 1.49. The van der Waals surface area contributed by atoms with Gasteiger partial charge in [0.05, 0.1) is 6.61 Å². The Bertz CT molecular complexity index is 169. The van der Waals surface area contributed by atoms with E-state index >= 15 is 0 Å². The van der Waals surface area contributed by atoms with Crippen LogP contribution in [0, 0.1) is 5.92 Å². The van der Waals surface area contributed by atoms with E-state index < -0.39 is 17.9 Å². The van der Waals surface area contributed by atoms with Gasteiger partial charge in [0.1, 0.15) is 11.9 Å². The Morgan fingerprint density at radius 1 is 1.33 bits per heavy atom. The van der Waals surface area contributed by atoms with Crippen LogP contribution in [0.25, 0.3) is 0 Å². The number of rotatable bonds is 4. The molecule has 0 aliphatic carbocycles. The first kappa shape index (κ1) is 11.2. The van der Waals surface area contributed by atoms with E-state index in [2.05, 4.69) is 9.03 Å². The zero-order chi connectivity index (χ0) is 9.56. The number of ether oxygens (including phenoxy) is 1. The van der Waals surface area contributed by atoms with Gasteiger partial charge in [-0.1, -0.05) is 6.92 Å². The number of carbonyl (C=O) groups is 2. The highest BCUT2D eigenvalue weighted by molar-refractivity contribution is 6.15. The van der Waals surface area contributed by atoms with E-state index in [9.17, 15) is 9.59 Å². The number of esters is 1. The van der Waals surface area contributed by atoms with Gasteiger partial charge in [0.2, 0.25) is 0 Å². The Hall–Kier alpha value is -0.770.